The van der Waals surface area contributed by atoms with Crippen LogP contribution in [0.25, 0.3) is 10.9 Å². The summed E-state index contributed by atoms with van der Waals surface area (Å²) >= 11 is 2.39. The molecule has 1 heterocycles. The van der Waals surface area contributed by atoms with Crippen molar-refractivity contribution in [2.24, 2.45) is 11.8 Å². The van der Waals surface area contributed by atoms with Crippen LogP contribution in [0.15, 0.2) is 18.2 Å². The van der Waals surface area contributed by atoms with Crippen LogP contribution in [0.5, 0.6) is 0 Å². The van der Waals surface area contributed by atoms with Crippen molar-refractivity contribution in [3.05, 3.63) is 33.0 Å². The van der Waals surface area contributed by atoms with Crippen molar-refractivity contribution in [3.8, 4) is 0 Å². The highest BCUT2D eigenvalue weighted by molar-refractivity contribution is 14.1. The molecule has 0 fully saturated rings. The van der Waals surface area contributed by atoms with Crippen LogP contribution in [0.4, 0.5) is 0 Å². The van der Waals surface area contributed by atoms with E-state index >= 15 is 0 Å². The summed E-state index contributed by atoms with van der Waals surface area (Å²) in [5.74, 6) is 1.71. The van der Waals surface area contributed by atoms with Crippen LogP contribution in [0.1, 0.15) is 37.9 Å². The number of fused-ring (bicyclic) bond motifs is 3. The predicted octanol–water partition coefficient (Wildman–Crippen LogP) is 4.92. The molecule has 0 amide bonds. The van der Waals surface area contributed by atoms with Crippen molar-refractivity contribution in [3.63, 3.8) is 0 Å². The van der Waals surface area contributed by atoms with Gasteiger partial charge in [0.1, 0.15) is 0 Å². The van der Waals surface area contributed by atoms with Gasteiger partial charge in [-0.15, -0.1) is 0 Å². The van der Waals surface area contributed by atoms with E-state index in [-0.39, 0.29) is 0 Å². The minimum atomic E-state index is 0.822. The van der Waals surface area contributed by atoms with Crippen molar-refractivity contribution in [1.29, 1.82) is 0 Å². The first-order valence-electron chi connectivity index (χ1n) is 6.92. The summed E-state index contributed by atoms with van der Waals surface area (Å²) < 4.78 is 1.32. The lowest BCUT2D eigenvalue weighted by Crippen LogP contribution is -2.15. The molecule has 2 aromatic rings. The lowest BCUT2D eigenvalue weighted by Gasteiger charge is -2.23. The van der Waals surface area contributed by atoms with Crippen LogP contribution >= 0.6 is 22.6 Å². The van der Waals surface area contributed by atoms with Gasteiger partial charge in [0, 0.05) is 20.2 Å². The van der Waals surface area contributed by atoms with Crippen molar-refractivity contribution < 1.29 is 0 Å². The van der Waals surface area contributed by atoms with Gasteiger partial charge >= 0.3 is 0 Å². The Morgan fingerprint density at radius 3 is 3.00 bits per heavy atom. The standard InChI is InChI=1S/C16H20IN/c1-10(2)7-11-3-6-15-14(8-11)13-5-4-12(17)9-16(13)18-15/h4-5,9-11,18H,3,6-8H2,1-2H3. The molecule has 1 unspecified atom stereocenters. The molecule has 0 saturated heterocycles. The van der Waals surface area contributed by atoms with Crippen molar-refractivity contribution in [1.82, 2.24) is 4.98 Å². The van der Waals surface area contributed by atoms with Crippen LogP contribution < -0.4 is 0 Å². The molecule has 0 aliphatic heterocycles. The summed E-state index contributed by atoms with van der Waals surface area (Å²) in [6.45, 7) is 4.68. The van der Waals surface area contributed by atoms with Crippen LogP contribution in [0.3, 0.4) is 0 Å². The van der Waals surface area contributed by atoms with Gasteiger partial charge in [-0.05, 0) is 77.8 Å². The van der Waals surface area contributed by atoms with Crippen LogP contribution in [-0.4, -0.2) is 4.98 Å². The summed E-state index contributed by atoms with van der Waals surface area (Å²) in [7, 11) is 0. The Morgan fingerprint density at radius 2 is 2.22 bits per heavy atom. The Hall–Kier alpha value is -0.510. The predicted molar refractivity (Wildman–Crippen MR) is 86.0 cm³/mol. The zero-order valence-corrected chi connectivity index (χ0v) is 13.3. The van der Waals surface area contributed by atoms with E-state index in [1.807, 2.05) is 0 Å². The highest BCUT2D eigenvalue weighted by Crippen LogP contribution is 2.34. The van der Waals surface area contributed by atoms with Gasteiger partial charge in [-0.1, -0.05) is 19.9 Å². The number of H-pyrrole nitrogens is 1. The molecule has 1 nitrogen and oxygen atoms in total. The molecular weight excluding hydrogens is 333 g/mol. The molecule has 0 bridgehead atoms. The van der Waals surface area contributed by atoms with E-state index in [1.54, 1.807) is 5.56 Å². The van der Waals surface area contributed by atoms with E-state index < -0.39 is 0 Å². The van der Waals surface area contributed by atoms with Gasteiger partial charge in [-0.3, -0.25) is 0 Å². The Kier molecular flexibility index (Phi) is 3.39. The van der Waals surface area contributed by atoms with Gasteiger partial charge in [-0.2, -0.15) is 0 Å². The highest BCUT2D eigenvalue weighted by Gasteiger charge is 2.22. The molecule has 1 aliphatic carbocycles. The Morgan fingerprint density at radius 1 is 1.39 bits per heavy atom. The summed E-state index contributed by atoms with van der Waals surface area (Å²) in [4.78, 5) is 3.63. The van der Waals surface area contributed by atoms with Crippen LogP contribution in [0.2, 0.25) is 0 Å². The first-order chi connectivity index (χ1) is 8.63. The fourth-order valence-corrected chi connectivity index (χ4v) is 3.83. The average Bonchev–Trinajstić information content (AvgIpc) is 2.65. The van der Waals surface area contributed by atoms with Crippen LogP contribution in [-0.2, 0) is 12.8 Å². The monoisotopic (exact) mass is 353 g/mol. The summed E-state index contributed by atoms with van der Waals surface area (Å²) in [6, 6.07) is 6.79. The Bertz CT molecular complexity index is 568. The van der Waals surface area contributed by atoms with Gasteiger partial charge < -0.3 is 4.98 Å². The third kappa shape index (κ3) is 2.31. The van der Waals surface area contributed by atoms with Gasteiger partial charge in [0.15, 0.2) is 0 Å². The van der Waals surface area contributed by atoms with E-state index in [1.165, 1.54) is 45.9 Å². The first kappa shape index (κ1) is 12.5. The fourth-order valence-electron chi connectivity index (χ4n) is 3.34. The number of aromatic amines is 1. The molecule has 18 heavy (non-hydrogen) atoms. The van der Waals surface area contributed by atoms with E-state index in [0.717, 1.165) is 11.8 Å². The minimum absolute atomic E-state index is 0.822. The lowest BCUT2D eigenvalue weighted by molar-refractivity contribution is 0.369. The molecule has 1 atom stereocenters. The topological polar surface area (TPSA) is 15.8 Å². The van der Waals surface area contributed by atoms with Crippen molar-refractivity contribution >= 4 is 33.5 Å². The molecule has 0 spiro atoms. The number of aryl methyl sites for hydroxylation is 1. The molecule has 0 saturated carbocycles. The Labute approximate surface area is 122 Å². The van der Waals surface area contributed by atoms with E-state index in [2.05, 4.69) is 59.6 Å². The lowest BCUT2D eigenvalue weighted by atomic mass is 9.82. The summed E-state index contributed by atoms with van der Waals surface area (Å²) in [5, 5.41) is 1.46. The highest BCUT2D eigenvalue weighted by atomic mass is 127. The van der Waals surface area contributed by atoms with E-state index in [9.17, 15) is 0 Å². The molecule has 96 valence electrons. The second-order valence-electron chi connectivity index (χ2n) is 6.01. The number of hydrogen-bond donors (Lipinski definition) is 1. The maximum Gasteiger partial charge on any atom is 0.0469 e. The maximum atomic E-state index is 3.63. The number of benzene rings is 1. The number of nitrogens with one attached hydrogen (secondary N) is 1. The molecule has 1 aromatic heterocycles. The number of hydrogen-bond acceptors (Lipinski definition) is 0. The first-order valence-corrected chi connectivity index (χ1v) is 8.00. The summed E-state index contributed by atoms with van der Waals surface area (Å²) in [6.07, 6.45) is 5.23. The SMILES string of the molecule is CC(C)CC1CCc2[nH]c3cc(I)ccc3c2C1. The normalized spacial score (nSPS) is 19.4. The Balaban J connectivity index is 1.96. The average molecular weight is 353 g/mol. The zero-order valence-electron chi connectivity index (χ0n) is 11.1. The quantitative estimate of drug-likeness (QED) is 0.738. The van der Waals surface area contributed by atoms with Gasteiger partial charge in [-0.25, -0.2) is 0 Å². The molecule has 0 radical (unpaired) electrons. The third-order valence-electron chi connectivity index (χ3n) is 4.06. The summed E-state index contributed by atoms with van der Waals surface area (Å²) in [5.41, 5.74) is 4.42. The molecule has 2 heteroatoms. The molecule has 1 N–H and O–H groups in total. The minimum Gasteiger partial charge on any atom is -0.358 e. The molecule has 1 aliphatic rings. The zero-order chi connectivity index (χ0) is 12.7. The van der Waals surface area contributed by atoms with Crippen LogP contribution in [0, 0.1) is 15.4 Å². The largest absolute Gasteiger partial charge is 0.358 e. The van der Waals surface area contributed by atoms with E-state index in [4.69, 9.17) is 0 Å². The van der Waals surface area contributed by atoms with Crippen molar-refractivity contribution in [2.75, 3.05) is 0 Å². The smallest absolute Gasteiger partial charge is 0.0469 e. The van der Waals surface area contributed by atoms with Gasteiger partial charge in [0.2, 0.25) is 0 Å². The third-order valence-corrected chi connectivity index (χ3v) is 4.73. The second-order valence-corrected chi connectivity index (χ2v) is 7.26. The maximum absolute atomic E-state index is 3.63. The molecule has 3 rings (SSSR count). The fraction of sp³-hybridized carbons (Fsp3) is 0.500. The van der Waals surface area contributed by atoms with E-state index in [0.29, 0.717) is 0 Å². The second kappa shape index (κ2) is 4.87. The van der Waals surface area contributed by atoms with Gasteiger partial charge in [0.25, 0.3) is 0 Å². The number of aromatic nitrogens is 1. The number of halogens is 1. The number of rotatable bonds is 2. The molecular formula is C16H20IN. The molecule has 1 aromatic carbocycles. The van der Waals surface area contributed by atoms with Crippen molar-refractivity contribution in [2.45, 2.75) is 39.5 Å². The van der Waals surface area contributed by atoms with Gasteiger partial charge in [0.05, 0.1) is 0 Å².